The van der Waals surface area contributed by atoms with Crippen LogP contribution in [0.3, 0.4) is 0 Å². The molecule has 0 radical (unpaired) electrons. The van der Waals surface area contributed by atoms with E-state index in [1.165, 1.54) is 25.3 Å². The smallest absolute Gasteiger partial charge is 0.291 e. The van der Waals surface area contributed by atoms with E-state index in [2.05, 4.69) is 31.9 Å². The molecule has 0 bridgehead atoms. The van der Waals surface area contributed by atoms with Crippen LogP contribution in [-0.2, 0) is 6.61 Å². The molecule has 0 fully saturated rings. The van der Waals surface area contributed by atoms with Crippen molar-refractivity contribution in [2.24, 2.45) is 0 Å². The van der Waals surface area contributed by atoms with Crippen LogP contribution in [0.4, 0.5) is 20.2 Å². The van der Waals surface area contributed by atoms with Crippen molar-refractivity contribution in [1.82, 2.24) is 0 Å². The zero-order valence-corrected chi connectivity index (χ0v) is 21.9. The minimum Gasteiger partial charge on any atom is -0.507 e. The molecule has 0 saturated heterocycles. The van der Waals surface area contributed by atoms with Crippen molar-refractivity contribution in [2.75, 3.05) is 7.11 Å². The fourth-order valence-electron chi connectivity index (χ4n) is 2.49. The minimum absolute atomic E-state index is 0.00956. The van der Waals surface area contributed by atoms with Crippen molar-refractivity contribution in [3.8, 4) is 17.2 Å². The highest BCUT2D eigenvalue weighted by Gasteiger charge is 2.19. The Morgan fingerprint density at radius 3 is 2.03 bits per heavy atom. The molecule has 0 spiro atoms. The van der Waals surface area contributed by atoms with Gasteiger partial charge < -0.3 is 14.6 Å². The molecular weight excluding hydrogens is 649 g/mol. The first-order valence-electron chi connectivity index (χ1n) is 8.96. The molecule has 3 aromatic carbocycles. The summed E-state index contributed by atoms with van der Waals surface area (Å²) in [5, 5.41) is 30.1. The van der Waals surface area contributed by atoms with Crippen molar-refractivity contribution in [3.63, 3.8) is 0 Å². The van der Waals surface area contributed by atoms with Crippen molar-refractivity contribution in [2.45, 2.75) is 6.61 Å². The molecule has 0 aliphatic carbocycles. The van der Waals surface area contributed by atoms with Crippen LogP contribution in [0, 0.1) is 31.9 Å². The number of rotatable bonds is 6. The summed E-state index contributed by atoms with van der Waals surface area (Å²) in [6.07, 6.45) is 0. The Kier molecular flexibility index (Phi) is 10.0. The normalized spacial score (nSPS) is 10.3. The van der Waals surface area contributed by atoms with E-state index in [1.807, 2.05) is 0 Å². The number of aromatic hydroxyl groups is 1. The zero-order valence-electron chi connectivity index (χ0n) is 17.2. The first-order chi connectivity index (χ1) is 16.4. The predicted molar refractivity (Wildman–Crippen MR) is 131 cm³/mol. The molecule has 0 aromatic heterocycles. The minimum atomic E-state index is -1.11. The molecule has 35 heavy (non-hydrogen) atoms. The number of benzene rings is 3. The first-order valence-corrected chi connectivity index (χ1v) is 11.3. The predicted octanol–water partition coefficient (Wildman–Crippen LogP) is 7.59. The Bertz CT molecular complexity index is 1300. The van der Waals surface area contributed by atoms with Gasteiger partial charge in [0, 0.05) is 0 Å². The lowest BCUT2D eigenvalue weighted by molar-refractivity contribution is -0.384. The van der Waals surface area contributed by atoms with Crippen molar-refractivity contribution in [1.29, 1.82) is 0 Å². The summed E-state index contributed by atoms with van der Waals surface area (Å²) < 4.78 is 38.1. The molecule has 0 heterocycles. The van der Waals surface area contributed by atoms with E-state index in [0.717, 1.165) is 18.2 Å². The van der Waals surface area contributed by atoms with Gasteiger partial charge in [-0.2, -0.15) is 0 Å². The molecule has 0 atom stereocenters. The summed E-state index contributed by atoms with van der Waals surface area (Å²) in [6.45, 7) is -0.385. The van der Waals surface area contributed by atoms with Gasteiger partial charge in [-0.3, -0.25) is 20.2 Å². The average molecular weight is 661 g/mol. The van der Waals surface area contributed by atoms with E-state index >= 15 is 0 Å². The maximum absolute atomic E-state index is 13.8. The van der Waals surface area contributed by atoms with Gasteiger partial charge in [0.25, 0.3) is 11.4 Å². The SMILES string of the molecule is COc1ccc(F)c(F)c1COc1cc([N+](=O)[O-])c(Cl)cc1Br.O=[N+]([O-])c1cc(O)c(Br)cc1Cl. The number of hydrogen-bond acceptors (Lipinski definition) is 7. The maximum atomic E-state index is 13.8. The van der Waals surface area contributed by atoms with E-state index in [-0.39, 0.29) is 50.8 Å². The lowest BCUT2D eigenvalue weighted by atomic mass is 10.2. The second-order valence-electron chi connectivity index (χ2n) is 6.33. The van der Waals surface area contributed by atoms with Crippen molar-refractivity contribution in [3.05, 3.63) is 92.8 Å². The third-order valence-corrected chi connectivity index (χ3v) is 6.02. The fraction of sp³-hybridized carbons (Fsp3) is 0.100. The average Bonchev–Trinajstić information content (AvgIpc) is 2.78. The number of phenols is 1. The van der Waals surface area contributed by atoms with Gasteiger partial charge in [0.15, 0.2) is 11.6 Å². The standard InChI is InChI=1S/C14H9BrClF2NO4.C6H3BrClNO3/c1-22-12-3-2-10(17)14(18)7(12)6-23-13-5-11(19(20)21)9(16)4-8(13)15;7-3-1-4(8)5(9(11)12)2-6(3)10/h2-5H,6H2,1H3;1-2,10H. The van der Waals surface area contributed by atoms with E-state index in [4.69, 9.17) is 37.8 Å². The molecule has 0 saturated carbocycles. The van der Waals surface area contributed by atoms with Crippen LogP contribution in [-0.4, -0.2) is 22.1 Å². The molecule has 0 unspecified atom stereocenters. The van der Waals surface area contributed by atoms with Gasteiger partial charge in [0.1, 0.15) is 33.9 Å². The number of nitrogens with zero attached hydrogens (tertiary/aromatic N) is 2. The monoisotopic (exact) mass is 658 g/mol. The Hall–Kier alpha value is -2.74. The highest BCUT2D eigenvalue weighted by molar-refractivity contribution is 9.10. The summed E-state index contributed by atoms with van der Waals surface area (Å²) in [6, 6.07) is 6.84. The van der Waals surface area contributed by atoms with Gasteiger partial charge in [0.2, 0.25) is 0 Å². The first kappa shape index (κ1) is 28.5. The summed E-state index contributed by atoms with van der Waals surface area (Å²) in [5.74, 6) is -2.20. The van der Waals surface area contributed by atoms with E-state index < -0.39 is 21.5 Å². The van der Waals surface area contributed by atoms with Gasteiger partial charge in [-0.1, -0.05) is 23.2 Å². The fourth-order valence-corrected chi connectivity index (χ4v) is 4.02. The molecule has 186 valence electrons. The zero-order chi connectivity index (χ0) is 26.4. The van der Waals surface area contributed by atoms with Crippen LogP contribution >= 0.6 is 55.1 Å². The van der Waals surface area contributed by atoms with Crippen LogP contribution in [0.15, 0.2) is 45.3 Å². The van der Waals surface area contributed by atoms with Gasteiger partial charge in [0.05, 0.1) is 43.6 Å². The third-order valence-electron chi connectivity index (χ3n) is 4.16. The highest BCUT2D eigenvalue weighted by atomic mass is 79.9. The lowest BCUT2D eigenvalue weighted by Gasteiger charge is -2.13. The molecular formula is C20H12Br2Cl2F2N2O7. The second kappa shape index (κ2) is 12.3. The summed E-state index contributed by atoms with van der Waals surface area (Å²) in [7, 11) is 1.30. The van der Waals surface area contributed by atoms with Crippen LogP contribution in [0.2, 0.25) is 10.0 Å². The number of ether oxygens (including phenoxy) is 2. The molecule has 0 aliphatic heterocycles. The Labute approximate surface area is 222 Å². The number of nitro groups is 2. The van der Waals surface area contributed by atoms with Gasteiger partial charge in [-0.25, -0.2) is 8.78 Å². The molecule has 1 N–H and O–H groups in total. The van der Waals surface area contributed by atoms with Gasteiger partial charge in [-0.05, 0) is 56.1 Å². The number of phenolic OH excluding ortho intramolecular Hbond substituents is 1. The lowest BCUT2D eigenvalue weighted by Crippen LogP contribution is -2.04. The van der Waals surface area contributed by atoms with Gasteiger partial charge >= 0.3 is 0 Å². The summed E-state index contributed by atoms with van der Waals surface area (Å²) in [4.78, 5) is 19.8. The van der Waals surface area contributed by atoms with Crippen LogP contribution < -0.4 is 9.47 Å². The van der Waals surface area contributed by atoms with Crippen LogP contribution in [0.5, 0.6) is 17.2 Å². The van der Waals surface area contributed by atoms with Crippen molar-refractivity contribution < 1.29 is 33.2 Å². The summed E-state index contributed by atoms with van der Waals surface area (Å²) >= 11 is 17.4. The molecule has 15 heteroatoms. The van der Waals surface area contributed by atoms with Gasteiger partial charge in [-0.15, -0.1) is 0 Å². The van der Waals surface area contributed by atoms with E-state index in [1.54, 1.807) is 0 Å². The number of nitro benzene ring substituents is 2. The Morgan fingerprint density at radius 1 is 0.943 bits per heavy atom. The van der Waals surface area contributed by atoms with Crippen molar-refractivity contribution >= 4 is 66.4 Å². The molecule has 3 rings (SSSR count). The summed E-state index contributed by atoms with van der Waals surface area (Å²) in [5.41, 5.74) is -0.814. The molecule has 3 aromatic rings. The van der Waals surface area contributed by atoms with E-state index in [0.29, 0.717) is 8.95 Å². The Balaban J connectivity index is 0.000000303. The quantitative estimate of drug-likeness (QED) is 0.213. The number of hydrogen-bond donors (Lipinski definition) is 1. The molecule has 0 aliphatic rings. The number of methoxy groups -OCH3 is 1. The third kappa shape index (κ3) is 7.13. The van der Waals surface area contributed by atoms with E-state index in [9.17, 15) is 29.0 Å². The number of halogens is 6. The Morgan fingerprint density at radius 2 is 1.49 bits per heavy atom. The van der Waals surface area contributed by atoms with Crippen LogP contribution in [0.1, 0.15) is 5.56 Å². The molecule has 0 amide bonds. The topological polar surface area (TPSA) is 125 Å². The highest BCUT2D eigenvalue weighted by Crippen LogP contribution is 2.37. The largest absolute Gasteiger partial charge is 0.507 e. The second-order valence-corrected chi connectivity index (χ2v) is 8.86. The van der Waals surface area contributed by atoms with Crippen LogP contribution in [0.25, 0.3) is 0 Å². The molecule has 9 nitrogen and oxygen atoms in total. The maximum Gasteiger partial charge on any atom is 0.291 e.